The zero-order valence-electron chi connectivity index (χ0n) is 15.7. The van der Waals surface area contributed by atoms with Crippen molar-refractivity contribution in [1.29, 1.82) is 0 Å². The van der Waals surface area contributed by atoms with E-state index >= 15 is 0 Å². The van der Waals surface area contributed by atoms with Gasteiger partial charge in [0.05, 0.1) is 29.3 Å². The quantitative estimate of drug-likeness (QED) is 0.634. The third kappa shape index (κ3) is 3.71. The Kier molecular flexibility index (Phi) is 4.47. The summed E-state index contributed by atoms with van der Waals surface area (Å²) in [4.78, 5) is 4.72. The zero-order chi connectivity index (χ0) is 19.2. The van der Waals surface area contributed by atoms with Gasteiger partial charge in [0.1, 0.15) is 0 Å². The van der Waals surface area contributed by atoms with Gasteiger partial charge in [-0.25, -0.2) is 0 Å². The number of nitrogens with zero attached hydrogens (tertiary/aromatic N) is 4. The van der Waals surface area contributed by atoms with Crippen molar-refractivity contribution in [2.75, 3.05) is 0 Å². The summed E-state index contributed by atoms with van der Waals surface area (Å²) in [5.41, 5.74) is 0.839. The lowest BCUT2D eigenvalue weighted by molar-refractivity contribution is 0.0577. The van der Waals surface area contributed by atoms with Gasteiger partial charge in [-0.1, -0.05) is 33.2 Å². The van der Waals surface area contributed by atoms with E-state index in [9.17, 15) is 5.11 Å². The van der Waals surface area contributed by atoms with E-state index in [4.69, 9.17) is 9.51 Å². The molecule has 2 aromatic heterocycles. The summed E-state index contributed by atoms with van der Waals surface area (Å²) in [6.07, 6.45) is 5.85. The van der Waals surface area contributed by atoms with Crippen molar-refractivity contribution in [3.63, 3.8) is 0 Å². The Morgan fingerprint density at radius 3 is 2.56 bits per heavy atom. The van der Waals surface area contributed by atoms with Crippen LogP contribution in [0.4, 0.5) is 0 Å². The Morgan fingerprint density at radius 2 is 1.93 bits per heavy atom. The van der Waals surface area contributed by atoms with Gasteiger partial charge in [-0.2, -0.15) is 10.1 Å². The van der Waals surface area contributed by atoms with E-state index in [0.717, 1.165) is 10.0 Å². The largest absolute Gasteiger partial charge is 0.389 e. The Hall–Kier alpha value is -1.99. The molecule has 1 N–H and O–H groups in total. The fourth-order valence-electron chi connectivity index (χ4n) is 3.51. The molecule has 1 fully saturated rings. The number of aromatic nitrogens is 4. The summed E-state index contributed by atoms with van der Waals surface area (Å²) in [5, 5.41) is 18.6. The van der Waals surface area contributed by atoms with Crippen molar-refractivity contribution in [2.45, 2.75) is 51.2 Å². The van der Waals surface area contributed by atoms with E-state index in [0.29, 0.717) is 24.2 Å². The van der Waals surface area contributed by atoms with Crippen LogP contribution >= 0.6 is 15.9 Å². The second kappa shape index (κ2) is 6.56. The maximum atomic E-state index is 9.96. The van der Waals surface area contributed by atoms with Crippen molar-refractivity contribution in [3.05, 3.63) is 52.5 Å². The van der Waals surface area contributed by atoms with Crippen molar-refractivity contribution in [2.24, 2.45) is 5.92 Å². The molecule has 1 unspecified atom stereocenters. The maximum absolute atomic E-state index is 9.96. The summed E-state index contributed by atoms with van der Waals surface area (Å²) in [6, 6.07) is 8.36. The highest BCUT2D eigenvalue weighted by Gasteiger charge is 2.47. The molecule has 1 aromatic carbocycles. The molecule has 142 valence electrons. The predicted molar refractivity (Wildman–Crippen MR) is 105 cm³/mol. The van der Waals surface area contributed by atoms with Gasteiger partial charge in [0.25, 0.3) is 5.89 Å². The van der Waals surface area contributed by atoms with Gasteiger partial charge < -0.3 is 9.63 Å². The van der Waals surface area contributed by atoms with Gasteiger partial charge in [0.2, 0.25) is 0 Å². The average molecular weight is 431 g/mol. The van der Waals surface area contributed by atoms with Gasteiger partial charge in [-0.05, 0) is 57.2 Å². The highest BCUT2D eigenvalue weighted by atomic mass is 79.9. The Bertz CT molecular complexity index is 938. The molecule has 0 bridgehead atoms. The van der Waals surface area contributed by atoms with E-state index in [2.05, 4.69) is 57.4 Å². The highest BCUT2D eigenvalue weighted by molar-refractivity contribution is 9.10. The molecule has 1 saturated carbocycles. The average Bonchev–Trinajstić information content (AvgIpc) is 3.16. The minimum Gasteiger partial charge on any atom is -0.389 e. The van der Waals surface area contributed by atoms with Crippen LogP contribution in [0.25, 0.3) is 11.5 Å². The number of rotatable bonds is 6. The molecule has 1 aliphatic carbocycles. The number of aliphatic hydroxyl groups is 1. The topological polar surface area (TPSA) is 77.0 Å². The lowest BCUT2D eigenvalue weighted by Crippen LogP contribution is -2.27. The second-order valence-corrected chi connectivity index (χ2v) is 9.06. The van der Waals surface area contributed by atoms with Crippen LogP contribution in [0.5, 0.6) is 0 Å². The number of hydrogen-bond acceptors (Lipinski definition) is 5. The van der Waals surface area contributed by atoms with Crippen LogP contribution in [-0.4, -0.2) is 30.6 Å². The van der Waals surface area contributed by atoms with Crippen LogP contribution in [0, 0.1) is 5.92 Å². The molecule has 4 rings (SSSR count). The first-order chi connectivity index (χ1) is 12.8. The van der Waals surface area contributed by atoms with E-state index in [1.807, 2.05) is 6.20 Å². The predicted octanol–water partition coefficient (Wildman–Crippen LogP) is 4.18. The van der Waals surface area contributed by atoms with E-state index in [-0.39, 0.29) is 5.41 Å². The normalized spacial score (nSPS) is 17.1. The molecule has 7 heteroatoms. The maximum Gasteiger partial charge on any atom is 0.261 e. The lowest BCUT2D eigenvalue weighted by Gasteiger charge is -2.26. The molecule has 6 nitrogen and oxygen atoms in total. The molecular formula is C20H23BrN4O2. The minimum atomic E-state index is -0.838. The van der Waals surface area contributed by atoms with Crippen LogP contribution in [0.2, 0.25) is 0 Å². The third-order valence-corrected chi connectivity index (χ3v) is 5.69. The first-order valence-electron chi connectivity index (χ1n) is 9.11. The van der Waals surface area contributed by atoms with Crippen LogP contribution in [-0.2, 0) is 12.0 Å². The monoisotopic (exact) mass is 430 g/mol. The van der Waals surface area contributed by atoms with Crippen LogP contribution in [0.3, 0.4) is 0 Å². The van der Waals surface area contributed by atoms with Crippen molar-refractivity contribution < 1.29 is 9.63 Å². The number of hydrogen-bond donors (Lipinski definition) is 1. The van der Waals surface area contributed by atoms with Crippen LogP contribution < -0.4 is 0 Å². The van der Waals surface area contributed by atoms with Gasteiger partial charge >= 0.3 is 0 Å². The van der Waals surface area contributed by atoms with Gasteiger partial charge in [-0.15, -0.1) is 0 Å². The van der Waals surface area contributed by atoms with Crippen molar-refractivity contribution in [1.82, 2.24) is 19.9 Å². The zero-order valence-corrected chi connectivity index (χ0v) is 17.3. The second-order valence-electron chi connectivity index (χ2n) is 8.15. The Balaban J connectivity index is 1.65. The smallest absolute Gasteiger partial charge is 0.261 e. The number of halogens is 1. The van der Waals surface area contributed by atoms with Gasteiger partial charge in [0.15, 0.2) is 5.82 Å². The Labute approximate surface area is 166 Å². The standard InChI is InChI=1S/C20H23BrN4O2/c1-19(2,26)12-25-11-13(10-22-25)17-23-18(24-27-17)20(3,14-4-5-14)15-6-8-16(21)9-7-15/h6-11,14,26H,4-5,12H2,1-3H3. The first-order valence-corrected chi connectivity index (χ1v) is 9.90. The summed E-state index contributed by atoms with van der Waals surface area (Å²) < 4.78 is 8.32. The summed E-state index contributed by atoms with van der Waals surface area (Å²) in [7, 11) is 0. The highest BCUT2D eigenvalue weighted by Crippen LogP contribution is 2.50. The summed E-state index contributed by atoms with van der Waals surface area (Å²) in [6.45, 7) is 6.09. The fraction of sp³-hybridized carbons (Fsp3) is 0.450. The molecule has 1 aliphatic rings. The Morgan fingerprint density at radius 1 is 1.22 bits per heavy atom. The molecular weight excluding hydrogens is 408 g/mol. The molecule has 2 heterocycles. The molecule has 0 radical (unpaired) electrons. The molecule has 0 amide bonds. The molecule has 0 spiro atoms. The van der Waals surface area contributed by atoms with Crippen LogP contribution in [0.15, 0.2) is 45.7 Å². The summed E-state index contributed by atoms with van der Waals surface area (Å²) in [5.74, 6) is 1.68. The molecule has 0 saturated heterocycles. The van der Waals surface area contributed by atoms with Gasteiger partial charge in [-0.3, -0.25) is 4.68 Å². The lowest BCUT2D eigenvalue weighted by atomic mass is 9.77. The SMILES string of the molecule is CC(C)(O)Cn1cc(-c2nc(C(C)(c3ccc(Br)cc3)C3CC3)no2)cn1. The molecule has 27 heavy (non-hydrogen) atoms. The minimum absolute atomic E-state index is 0.272. The first kappa shape index (κ1) is 18.4. The summed E-state index contributed by atoms with van der Waals surface area (Å²) >= 11 is 3.50. The van der Waals surface area contributed by atoms with Crippen molar-refractivity contribution in [3.8, 4) is 11.5 Å². The van der Waals surface area contributed by atoms with Gasteiger partial charge in [0, 0.05) is 10.7 Å². The molecule has 1 atom stereocenters. The fourth-order valence-corrected chi connectivity index (χ4v) is 3.78. The van der Waals surface area contributed by atoms with E-state index < -0.39 is 5.60 Å². The number of benzene rings is 1. The van der Waals surface area contributed by atoms with E-state index in [1.165, 1.54) is 18.4 Å². The third-order valence-electron chi connectivity index (χ3n) is 5.16. The van der Waals surface area contributed by atoms with Crippen LogP contribution in [0.1, 0.15) is 45.0 Å². The molecule has 0 aliphatic heterocycles. The van der Waals surface area contributed by atoms with Crippen molar-refractivity contribution >= 4 is 15.9 Å². The molecule has 3 aromatic rings. The van der Waals surface area contributed by atoms with E-state index in [1.54, 1.807) is 24.7 Å².